The number of carbonyl (C=O) groups is 1. The third-order valence-electron chi connectivity index (χ3n) is 3.25. The van der Waals surface area contributed by atoms with Crippen molar-refractivity contribution in [2.45, 2.75) is 6.42 Å². The Bertz CT molecular complexity index is 663. The maximum atomic E-state index is 12.3. The molecule has 0 atom stereocenters. The van der Waals surface area contributed by atoms with E-state index < -0.39 is 0 Å². The minimum absolute atomic E-state index is 0.168. The van der Waals surface area contributed by atoms with Crippen LogP contribution in [0.4, 0.5) is 5.69 Å². The van der Waals surface area contributed by atoms with Crippen LogP contribution in [-0.4, -0.2) is 20.1 Å². The third kappa shape index (κ3) is 3.67. The lowest BCUT2D eigenvalue weighted by Crippen LogP contribution is -2.12. The Morgan fingerprint density at radius 1 is 1.14 bits per heavy atom. The normalized spacial score (nSPS) is 9.91. The van der Waals surface area contributed by atoms with Crippen molar-refractivity contribution in [3.8, 4) is 11.5 Å². The number of rotatable bonds is 6. The number of ether oxygens (including phenoxy) is 2. The summed E-state index contributed by atoms with van der Waals surface area (Å²) in [5, 5.41) is 2.86. The number of anilines is 1. The quantitative estimate of drug-likeness (QED) is 0.827. The van der Waals surface area contributed by atoms with Crippen LogP contribution in [0.3, 0.4) is 0 Å². The Labute approximate surface area is 130 Å². The van der Waals surface area contributed by atoms with E-state index in [9.17, 15) is 4.79 Å². The predicted molar refractivity (Wildman–Crippen MR) is 87.8 cm³/mol. The number of hydrogen-bond acceptors (Lipinski definition) is 3. The Morgan fingerprint density at radius 3 is 2.45 bits per heavy atom. The van der Waals surface area contributed by atoms with Crippen molar-refractivity contribution in [3.05, 3.63) is 66.2 Å². The monoisotopic (exact) mass is 297 g/mol. The van der Waals surface area contributed by atoms with E-state index in [0.29, 0.717) is 17.7 Å². The number of hydrogen-bond donors (Lipinski definition) is 1. The molecule has 22 heavy (non-hydrogen) atoms. The molecule has 0 aliphatic heterocycles. The maximum Gasteiger partial charge on any atom is 0.255 e. The van der Waals surface area contributed by atoms with Crippen LogP contribution in [0.2, 0.25) is 0 Å². The molecule has 0 unspecified atom stereocenters. The number of allylic oxidation sites excluding steroid dienone is 1. The van der Waals surface area contributed by atoms with Gasteiger partial charge in [0, 0.05) is 11.3 Å². The molecule has 0 spiro atoms. The van der Waals surface area contributed by atoms with Crippen LogP contribution in [0.5, 0.6) is 11.5 Å². The van der Waals surface area contributed by atoms with Gasteiger partial charge in [0.15, 0.2) is 0 Å². The second kappa shape index (κ2) is 7.31. The summed E-state index contributed by atoms with van der Waals surface area (Å²) in [6.07, 6.45) is 2.43. The molecule has 2 rings (SSSR count). The van der Waals surface area contributed by atoms with Crippen molar-refractivity contribution in [2.24, 2.45) is 0 Å². The van der Waals surface area contributed by atoms with Crippen molar-refractivity contribution in [3.63, 3.8) is 0 Å². The lowest BCUT2D eigenvalue weighted by atomic mass is 10.1. The molecule has 0 fully saturated rings. The lowest BCUT2D eigenvalue weighted by Gasteiger charge is -2.10. The van der Waals surface area contributed by atoms with Crippen LogP contribution < -0.4 is 14.8 Å². The molecule has 2 aromatic carbocycles. The zero-order chi connectivity index (χ0) is 15.9. The first-order valence-electron chi connectivity index (χ1n) is 6.91. The SMILES string of the molecule is C=CCc1cc(C(=O)Nc2ccc(OC)cc2)ccc1OC. The standard InChI is InChI=1S/C18H19NO3/c1-4-5-13-12-14(6-11-17(13)22-3)18(20)19-15-7-9-16(21-2)10-8-15/h4,6-12H,1,5H2,2-3H3,(H,19,20). The molecule has 0 aliphatic rings. The summed E-state index contributed by atoms with van der Waals surface area (Å²) < 4.78 is 10.4. The van der Waals surface area contributed by atoms with E-state index in [0.717, 1.165) is 17.1 Å². The van der Waals surface area contributed by atoms with Crippen molar-refractivity contribution in [2.75, 3.05) is 19.5 Å². The molecule has 4 heteroatoms. The minimum atomic E-state index is -0.168. The second-order valence-electron chi connectivity index (χ2n) is 4.70. The van der Waals surface area contributed by atoms with Gasteiger partial charge in [-0.1, -0.05) is 6.08 Å². The summed E-state index contributed by atoms with van der Waals surface area (Å²) >= 11 is 0. The Kier molecular flexibility index (Phi) is 5.20. The van der Waals surface area contributed by atoms with Gasteiger partial charge in [-0.15, -0.1) is 6.58 Å². The first-order chi connectivity index (χ1) is 10.7. The van der Waals surface area contributed by atoms with Gasteiger partial charge >= 0.3 is 0 Å². The minimum Gasteiger partial charge on any atom is -0.497 e. The van der Waals surface area contributed by atoms with E-state index >= 15 is 0 Å². The van der Waals surface area contributed by atoms with E-state index in [1.54, 1.807) is 56.7 Å². The largest absolute Gasteiger partial charge is 0.497 e. The molecule has 0 saturated carbocycles. The van der Waals surface area contributed by atoms with Gasteiger partial charge in [-0.3, -0.25) is 4.79 Å². The molecule has 2 aromatic rings. The van der Waals surface area contributed by atoms with Gasteiger partial charge in [0.25, 0.3) is 5.91 Å². The molecule has 114 valence electrons. The number of methoxy groups -OCH3 is 2. The molecule has 0 aliphatic carbocycles. The second-order valence-corrected chi connectivity index (χ2v) is 4.70. The topological polar surface area (TPSA) is 47.6 Å². The van der Waals surface area contributed by atoms with Crippen molar-refractivity contribution < 1.29 is 14.3 Å². The summed E-state index contributed by atoms with van der Waals surface area (Å²) in [6.45, 7) is 3.72. The van der Waals surface area contributed by atoms with Gasteiger partial charge in [-0.2, -0.15) is 0 Å². The van der Waals surface area contributed by atoms with Crippen LogP contribution >= 0.6 is 0 Å². The summed E-state index contributed by atoms with van der Waals surface area (Å²) in [5.41, 5.74) is 2.22. The van der Waals surface area contributed by atoms with Crippen molar-refractivity contribution >= 4 is 11.6 Å². The highest BCUT2D eigenvalue weighted by Crippen LogP contribution is 2.22. The van der Waals surface area contributed by atoms with E-state index in [1.807, 2.05) is 6.07 Å². The zero-order valence-electron chi connectivity index (χ0n) is 12.8. The summed E-state index contributed by atoms with van der Waals surface area (Å²) in [5.74, 6) is 1.33. The van der Waals surface area contributed by atoms with Crippen LogP contribution in [-0.2, 0) is 6.42 Å². The first kappa shape index (κ1) is 15.6. The highest BCUT2D eigenvalue weighted by Gasteiger charge is 2.10. The maximum absolute atomic E-state index is 12.3. The van der Waals surface area contributed by atoms with Crippen LogP contribution in [0.15, 0.2) is 55.1 Å². The molecule has 0 heterocycles. The van der Waals surface area contributed by atoms with Gasteiger partial charge in [-0.25, -0.2) is 0 Å². The molecule has 0 bridgehead atoms. The summed E-state index contributed by atoms with van der Waals surface area (Å²) in [4.78, 5) is 12.3. The van der Waals surface area contributed by atoms with E-state index in [2.05, 4.69) is 11.9 Å². The number of amides is 1. The Morgan fingerprint density at radius 2 is 1.86 bits per heavy atom. The molecule has 1 amide bonds. The third-order valence-corrected chi connectivity index (χ3v) is 3.25. The highest BCUT2D eigenvalue weighted by molar-refractivity contribution is 6.04. The van der Waals surface area contributed by atoms with Gasteiger partial charge in [0.2, 0.25) is 0 Å². The molecule has 0 aromatic heterocycles. The zero-order valence-corrected chi connectivity index (χ0v) is 12.8. The van der Waals surface area contributed by atoms with Crippen molar-refractivity contribution in [1.29, 1.82) is 0 Å². The number of nitrogens with one attached hydrogen (secondary N) is 1. The summed E-state index contributed by atoms with van der Waals surface area (Å²) in [7, 11) is 3.21. The van der Waals surface area contributed by atoms with Crippen LogP contribution in [0.1, 0.15) is 15.9 Å². The predicted octanol–water partition coefficient (Wildman–Crippen LogP) is 3.68. The van der Waals surface area contributed by atoms with Crippen LogP contribution in [0.25, 0.3) is 0 Å². The fraction of sp³-hybridized carbons (Fsp3) is 0.167. The van der Waals surface area contributed by atoms with Gasteiger partial charge in [0.1, 0.15) is 11.5 Å². The smallest absolute Gasteiger partial charge is 0.255 e. The molecule has 0 saturated heterocycles. The average molecular weight is 297 g/mol. The van der Waals surface area contributed by atoms with E-state index in [4.69, 9.17) is 9.47 Å². The molecule has 1 N–H and O–H groups in total. The fourth-order valence-corrected chi connectivity index (χ4v) is 2.11. The fourth-order valence-electron chi connectivity index (χ4n) is 2.11. The number of carbonyl (C=O) groups excluding carboxylic acids is 1. The van der Waals surface area contributed by atoms with Crippen LogP contribution in [0, 0.1) is 0 Å². The molecule has 0 radical (unpaired) electrons. The van der Waals surface area contributed by atoms with Gasteiger partial charge in [-0.05, 0) is 54.4 Å². The Hall–Kier alpha value is -2.75. The van der Waals surface area contributed by atoms with E-state index in [1.165, 1.54) is 0 Å². The van der Waals surface area contributed by atoms with Crippen molar-refractivity contribution in [1.82, 2.24) is 0 Å². The first-order valence-corrected chi connectivity index (χ1v) is 6.91. The lowest BCUT2D eigenvalue weighted by molar-refractivity contribution is 0.102. The molecular weight excluding hydrogens is 278 g/mol. The number of benzene rings is 2. The van der Waals surface area contributed by atoms with Gasteiger partial charge in [0.05, 0.1) is 14.2 Å². The summed E-state index contributed by atoms with van der Waals surface area (Å²) in [6, 6.07) is 12.5. The van der Waals surface area contributed by atoms with E-state index in [-0.39, 0.29) is 5.91 Å². The average Bonchev–Trinajstić information content (AvgIpc) is 2.55. The Balaban J connectivity index is 2.17. The highest BCUT2D eigenvalue weighted by atomic mass is 16.5. The molecular formula is C18H19NO3. The van der Waals surface area contributed by atoms with Gasteiger partial charge < -0.3 is 14.8 Å². The molecule has 4 nitrogen and oxygen atoms in total.